The predicted octanol–water partition coefficient (Wildman–Crippen LogP) is 5.40. The van der Waals surface area contributed by atoms with Crippen LogP contribution in [0, 0.1) is 0 Å². The van der Waals surface area contributed by atoms with E-state index < -0.39 is 15.8 Å². The smallest absolute Gasteiger partial charge is 0.173 e. The topological polar surface area (TPSA) is 73.8 Å². The minimum absolute atomic E-state index is 0.674. The minimum atomic E-state index is -0.924. The van der Waals surface area contributed by atoms with Gasteiger partial charge in [-0.15, -0.1) is 0 Å². The third-order valence-corrected chi connectivity index (χ3v) is 11.4. The van der Waals surface area contributed by atoms with Crippen LogP contribution in [0.4, 0.5) is 0 Å². The second kappa shape index (κ2) is 16.3. The molecule has 0 aromatic heterocycles. The van der Waals surface area contributed by atoms with Crippen LogP contribution in [-0.2, 0) is 19.6 Å². The highest BCUT2D eigenvalue weighted by Gasteiger charge is 2.26. The molecule has 4 aromatic carbocycles. The lowest BCUT2D eigenvalue weighted by atomic mass is 10.3. The molecule has 0 unspecified atom stereocenters. The van der Waals surface area contributed by atoms with Crippen molar-refractivity contribution in [2.45, 2.75) is 6.42 Å². The summed E-state index contributed by atoms with van der Waals surface area (Å²) in [5.74, 6) is 2.70. The van der Waals surface area contributed by atoms with Gasteiger partial charge < -0.3 is 19.6 Å². The van der Waals surface area contributed by atoms with Crippen LogP contribution in [0.25, 0.3) is 0 Å². The van der Waals surface area contributed by atoms with Crippen molar-refractivity contribution in [1.82, 2.24) is 0 Å². The van der Waals surface area contributed by atoms with Crippen LogP contribution in [0.1, 0.15) is 6.42 Å². The minimum Gasteiger partial charge on any atom is -0.337 e. The Morgan fingerprint density at radius 2 is 0.634 bits per heavy atom. The maximum absolute atomic E-state index is 5.58. The zero-order valence-electron chi connectivity index (χ0n) is 23.5. The van der Waals surface area contributed by atoms with Crippen molar-refractivity contribution in [3.63, 3.8) is 0 Å². The molecule has 0 atom stereocenters. The summed E-state index contributed by atoms with van der Waals surface area (Å²) >= 11 is 0. The van der Waals surface area contributed by atoms with Crippen LogP contribution in [0.15, 0.2) is 97.1 Å². The lowest BCUT2D eigenvalue weighted by Gasteiger charge is -2.25. The second-order valence-corrected chi connectivity index (χ2v) is 13.1. The Bertz CT molecular complexity index is 1170. The van der Waals surface area contributed by atoms with Gasteiger partial charge in [0.05, 0.1) is 28.4 Å². The van der Waals surface area contributed by atoms with Gasteiger partial charge in [-0.2, -0.15) is 19.6 Å². The monoisotopic (exact) mass is 596 g/mol. The van der Waals surface area contributed by atoms with E-state index >= 15 is 0 Å². The van der Waals surface area contributed by atoms with Gasteiger partial charge in [-0.1, -0.05) is 72.8 Å². The fraction of sp³-hybridized carbons (Fsp3) is 0.226. The molecule has 0 radical (unpaired) electrons. The lowest BCUT2D eigenvalue weighted by Crippen LogP contribution is -2.21. The van der Waals surface area contributed by atoms with Crippen molar-refractivity contribution in [3.8, 4) is 23.0 Å². The van der Waals surface area contributed by atoms with Gasteiger partial charge in [-0.05, 0) is 58.9 Å². The number of rotatable bonds is 16. The van der Waals surface area contributed by atoms with E-state index in [1.165, 1.54) is 28.4 Å². The standard InChI is InChI=1S/C31H34O8P2/c1-32-36-24-14-5-9-18-28(24)40(29-19-10-6-15-25(29)37-33-2)22-13-23-41(30-20-11-7-16-26(30)38-34-3)31-21-12-8-17-27(31)39-35-4/h5-12,14-21H,13,22-23H2,1-4H3. The molecule has 0 spiro atoms. The van der Waals surface area contributed by atoms with Gasteiger partial charge in [-0.25, -0.2) is 0 Å². The Morgan fingerprint density at radius 1 is 0.390 bits per heavy atom. The van der Waals surface area contributed by atoms with Gasteiger partial charge in [0.2, 0.25) is 0 Å². The molecule has 10 heteroatoms. The molecule has 0 saturated heterocycles. The first-order valence-corrected chi connectivity index (χ1v) is 16.0. The molecule has 0 aliphatic heterocycles. The van der Waals surface area contributed by atoms with Gasteiger partial charge >= 0.3 is 0 Å². The molecular weight excluding hydrogens is 562 g/mol. The van der Waals surface area contributed by atoms with Gasteiger partial charge in [0.1, 0.15) is 0 Å². The molecule has 41 heavy (non-hydrogen) atoms. The third kappa shape index (κ3) is 7.96. The average Bonchev–Trinajstić information content (AvgIpc) is 3.00. The van der Waals surface area contributed by atoms with Crippen LogP contribution >= 0.6 is 15.8 Å². The van der Waals surface area contributed by atoms with Crippen LogP contribution in [0.2, 0.25) is 0 Å². The van der Waals surface area contributed by atoms with Crippen molar-refractivity contribution < 1.29 is 39.1 Å². The molecule has 4 aromatic rings. The highest BCUT2D eigenvalue weighted by atomic mass is 31.1. The fourth-order valence-electron chi connectivity index (χ4n) is 4.49. The van der Waals surface area contributed by atoms with E-state index in [1.54, 1.807) is 0 Å². The van der Waals surface area contributed by atoms with Gasteiger partial charge in [0.25, 0.3) is 0 Å². The molecular formula is C31H34O8P2. The van der Waals surface area contributed by atoms with Crippen molar-refractivity contribution in [3.05, 3.63) is 97.1 Å². The number of hydrogen-bond donors (Lipinski definition) is 0. The number of benzene rings is 4. The summed E-state index contributed by atoms with van der Waals surface area (Å²) in [6, 6.07) is 31.7. The first-order valence-electron chi connectivity index (χ1n) is 13.0. The van der Waals surface area contributed by atoms with E-state index in [0.717, 1.165) is 40.0 Å². The number of para-hydroxylation sites is 4. The van der Waals surface area contributed by atoms with Gasteiger partial charge in [0, 0.05) is 21.2 Å². The van der Waals surface area contributed by atoms with Crippen molar-refractivity contribution in [1.29, 1.82) is 0 Å². The van der Waals surface area contributed by atoms with Crippen LogP contribution in [-0.4, -0.2) is 40.8 Å². The van der Waals surface area contributed by atoms with Crippen molar-refractivity contribution in [2.24, 2.45) is 0 Å². The third-order valence-electron chi connectivity index (χ3n) is 6.08. The first kappa shape index (κ1) is 30.7. The maximum atomic E-state index is 5.58. The molecule has 4 rings (SSSR count). The molecule has 0 amide bonds. The first-order chi connectivity index (χ1) is 20.2. The summed E-state index contributed by atoms with van der Waals surface area (Å²) in [5.41, 5.74) is 0. The van der Waals surface area contributed by atoms with Gasteiger partial charge in [0.15, 0.2) is 23.0 Å². The molecule has 0 N–H and O–H groups in total. The molecule has 8 nitrogen and oxygen atoms in total. The largest absolute Gasteiger partial charge is 0.337 e. The van der Waals surface area contributed by atoms with E-state index in [2.05, 4.69) is 24.3 Å². The van der Waals surface area contributed by atoms with Crippen molar-refractivity contribution >= 4 is 37.1 Å². The lowest BCUT2D eigenvalue weighted by molar-refractivity contribution is -0.177. The maximum Gasteiger partial charge on any atom is 0.173 e. The SMILES string of the molecule is COOc1ccccc1P(CCCP(c1ccccc1OOC)c1ccccc1OOC)c1ccccc1OOC. The highest BCUT2D eigenvalue weighted by Crippen LogP contribution is 2.45. The summed E-state index contributed by atoms with van der Waals surface area (Å²) in [4.78, 5) is 42.6. The molecule has 0 bridgehead atoms. The second-order valence-electron chi connectivity index (χ2n) is 8.53. The normalized spacial score (nSPS) is 11.1. The zero-order chi connectivity index (χ0) is 28.9. The summed E-state index contributed by atoms with van der Waals surface area (Å²) in [6.07, 6.45) is 2.58. The molecule has 0 aliphatic rings. The molecule has 0 heterocycles. The Kier molecular flexibility index (Phi) is 12.2. The molecule has 216 valence electrons. The Labute approximate surface area is 243 Å². The molecule has 0 saturated carbocycles. The van der Waals surface area contributed by atoms with E-state index in [1.807, 2.05) is 72.8 Å². The quantitative estimate of drug-likeness (QED) is 0.0967. The summed E-state index contributed by atoms with van der Waals surface area (Å²) in [6.45, 7) is 0. The highest BCUT2D eigenvalue weighted by molar-refractivity contribution is 7.74. The number of hydrogen-bond acceptors (Lipinski definition) is 8. The summed E-state index contributed by atoms with van der Waals surface area (Å²) in [5, 5.41) is 4.19. The summed E-state index contributed by atoms with van der Waals surface area (Å²) < 4.78 is 0. The molecule has 0 aliphatic carbocycles. The average molecular weight is 597 g/mol. The molecule has 0 fully saturated rings. The van der Waals surface area contributed by atoms with Crippen LogP contribution < -0.4 is 40.8 Å². The van der Waals surface area contributed by atoms with Crippen LogP contribution in [0.3, 0.4) is 0 Å². The zero-order valence-corrected chi connectivity index (χ0v) is 25.3. The summed E-state index contributed by atoms with van der Waals surface area (Å²) in [7, 11) is 4.18. The Balaban J connectivity index is 1.72. The van der Waals surface area contributed by atoms with Crippen molar-refractivity contribution in [2.75, 3.05) is 40.8 Å². The Morgan fingerprint density at radius 3 is 0.878 bits per heavy atom. The van der Waals surface area contributed by atoms with E-state index in [0.29, 0.717) is 23.0 Å². The van der Waals surface area contributed by atoms with E-state index in [9.17, 15) is 0 Å². The Hall–Kier alpha value is -3.22. The fourth-order valence-corrected chi connectivity index (χ4v) is 9.75. The van der Waals surface area contributed by atoms with E-state index in [4.69, 9.17) is 39.1 Å². The predicted molar refractivity (Wildman–Crippen MR) is 163 cm³/mol. The van der Waals surface area contributed by atoms with Crippen LogP contribution in [0.5, 0.6) is 23.0 Å². The van der Waals surface area contributed by atoms with Gasteiger partial charge in [-0.3, -0.25) is 0 Å². The van der Waals surface area contributed by atoms with E-state index in [-0.39, 0.29) is 0 Å².